The Morgan fingerprint density at radius 1 is 1.40 bits per heavy atom. The Bertz CT molecular complexity index is 530. The minimum Gasteiger partial charge on any atom is -0.481 e. The van der Waals surface area contributed by atoms with Crippen molar-refractivity contribution in [1.29, 1.82) is 0 Å². The number of rotatable bonds is 3. The highest BCUT2D eigenvalue weighted by molar-refractivity contribution is 5.95. The molecule has 1 fully saturated rings. The molecule has 0 heterocycles. The van der Waals surface area contributed by atoms with Gasteiger partial charge in [-0.1, -0.05) is 18.9 Å². The predicted molar refractivity (Wildman–Crippen MR) is 76.3 cm³/mol. The first kappa shape index (κ1) is 14.4. The van der Waals surface area contributed by atoms with Gasteiger partial charge in [0, 0.05) is 17.3 Å². The fourth-order valence-electron chi connectivity index (χ4n) is 2.74. The molecule has 0 radical (unpaired) electrons. The molecule has 20 heavy (non-hydrogen) atoms. The van der Waals surface area contributed by atoms with Crippen molar-refractivity contribution in [2.45, 2.75) is 38.6 Å². The molecule has 0 aromatic heterocycles. The number of carbonyl (C=O) groups is 2. The van der Waals surface area contributed by atoms with E-state index in [1.165, 1.54) is 0 Å². The molecule has 1 aromatic carbocycles. The maximum absolute atomic E-state index is 12.2. The number of carboxylic acid groups (broad SMARTS) is 1. The molecule has 1 aliphatic rings. The zero-order valence-corrected chi connectivity index (χ0v) is 11.6. The van der Waals surface area contributed by atoms with Crippen molar-refractivity contribution < 1.29 is 14.7 Å². The Morgan fingerprint density at radius 2 is 2.15 bits per heavy atom. The summed E-state index contributed by atoms with van der Waals surface area (Å²) in [6.07, 6.45) is 3.10. The molecule has 0 bridgehead atoms. The van der Waals surface area contributed by atoms with E-state index in [2.05, 4.69) is 5.32 Å². The van der Waals surface area contributed by atoms with Gasteiger partial charge in [0.05, 0.1) is 5.41 Å². The molecule has 1 aromatic rings. The van der Waals surface area contributed by atoms with Gasteiger partial charge in [0.25, 0.3) is 5.91 Å². The van der Waals surface area contributed by atoms with Gasteiger partial charge in [-0.3, -0.25) is 9.59 Å². The van der Waals surface area contributed by atoms with E-state index in [0.717, 1.165) is 12.8 Å². The smallest absolute Gasteiger partial charge is 0.311 e. The molecule has 2 atom stereocenters. The third-order valence-corrected chi connectivity index (χ3v) is 4.15. The van der Waals surface area contributed by atoms with E-state index in [-0.39, 0.29) is 11.9 Å². The number of nitrogens with one attached hydrogen (secondary N) is 1. The Kier molecular flexibility index (Phi) is 3.97. The van der Waals surface area contributed by atoms with Crippen LogP contribution in [0.15, 0.2) is 24.3 Å². The highest BCUT2D eigenvalue weighted by Gasteiger charge is 2.43. The number of amides is 1. The predicted octanol–water partition coefficient (Wildman–Crippen LogP) is 2.03. The van der Waals surface area contributed by atoms with Crippen molar-refractivity contribution >= 4 is 17.6 Å². The average Bonchev–Trinajstić information content (AvgIpc) is 2.41. The molecule has 2 unspecified atom stereocenters. The first-order chi connectivity index (χ1) is 9.43. The second-order valence-corrected chi connectivity index (χ2v) is 5.62. The maximum Gasteiger partial charge on any atom is 0.311 e. The molecule has 4 N–H and O–H groups in total. The van der Waals surface area contributed by atoms with Crippen LogP contribution >= 0.6 is 0 Å². The highest BCUT2D eigenvalue weighted by atomic mass is 16.4. The van der Waals surface area contributed by atoms with E-state index < -0.39 is 11.4 Å². The standard InChI is InChI=1S/C15H20N2O3/c1-15(14(19)20)8-3-2-7-12(15)17-13(18)10-5-4-6-11(16)9-10/h4-6,9,12H,2-3,7-8,16H2,1H3,(H,17,18)(H,19,20). The molecule has 5 nitrogen and oxygen atoms in total. The van der Waals surface area contributed by atoms with E-state index in [9.17, 15) is 14.7 Å². The lowest BCUT2D eigenvalue weighted by atomic mass is 9.71. The van der Waals surface area contributed by atoms with Crippen LogP contribution in [0, 0.1) is 5.41 Å². The number of hydrogen-bond acceptors (Lipinski definition) is 3. The lowest BCUT2D eigenvalue weighted by Gasteiger charge is -2.38. The van der Waals surface area contributed by atoms with Crippen molar-refractivity contribution in [3.63, 3.8) is 0 Å². The summed E-state index contributed by atoms with van der Waals surface area (Å²) in [6, 6.07) is 6.34. The molecule has 0 spiro atoms. The maximum atomic E-state index is 12.2. The molecule has 108 valence electrons. The van der Waals surface area contributed by atoms with Crippen LogP contribution in [0.1, 0.15) is 43.0 Å². The third kappa shape index (κ3) is 2.76. The minimum atomic E-state index is -0.895. The molecule has 1 saturated carbocycles. The average molecular weight is 276 g/mol. The van der Waals surface area contributed by atoms with Gasteiger partial charge in [0.2, 0.25) is 0 Å². The van der Waals surface area contributed by atoms with Gasteiger partial charge >= 0.3 is 5.97 Å². The number of benzene rings is 1. The normalized spacial score (nSPS) is 25.9. The molecule has 1 amide bonds. The highest BCUT2D eigenvalue weighted by Crippen LogP contribution is 2.36. The zero-order valence-electron chi connectivity index (χ0n) is 11.6. The summed E-state index contributed by atoms with van der Waals surface area (Å²) in [5, 5.41) is 12.3. The van der Waals surface area contributed by atoms with Gasteiger partial charge in [-0.2, -0.15) is 0 Å². The van der Waals surface area contributed by atoms with Crippen LogP contribution in [0.5, 0.6) is 0 Å². The fourth-order valence-corrected chi connectivity index (χ4v) is 2.74. The second kappa shape index (κ2) is 5.53. The van der Waals surface area contributed by atoms with E-state index in [1.54, 1.807) is 31.2 Å². The van der Waals surface area contributed by atoms with Crippen LogP contribution in [-0.4, -0.2) is 23.0 Å². The molecular formula is C15H20N2O3. The summed E-state index contributed by atoms with van der Waals surface area (Å²) in [4.78, 5) is 23.7. The van der Waals surface area contributed by atoms with Gasteiger partial charge in [0.1, 0.15) is 0 Å². The third-order valence-electron chi connectivity index (χ3n) is 4.15. The van der Waals surface area contributed by atoms with Gasteiger partial charge in [-0.15, -0.1) is 0 Å². The molecule has 0 aliphatic heterocycles. The molecule has 0 saturated heterocycles. The van der Waals surface area contributed by atoms with E-state index in [1.807, 2.05) is 0 Å². The first-order valence-electron chi connectivity index (χ1n) is 6.83. The van der Waals surface area contributed by atoms with Crippen LogP contribution in [0.3, 0.4) is 0 Å². The van der Waals surface area contributed by atoms with Gasteiger partial charge in [-0.25, -0.2) is 0 Å². The Labute approximate surface area is 118 Å². The van der Waals surface area contributed by atoms with Crippen molar-refractivity contribution in [3.8, 4) is 0 Å². The molecule has 2 rings (SSSR count). The van der Waals surface area contributed by atoms with Gasteiger partial charge in [-0.05, 0) is 38.0 Å². The van der Waals surface area contributed by atoms with Gasteiger partial charge in [0.15, 0.2) is 0 Å². The SMILES string of the molecule is CC1(C(=O)O)CCCCC1NC(=O)c1cccc(N)c1. The molecular weight excluding hydrogens is 256 g/mol. The fraction of sp³-hybridized carbons (Fsp3) is 0.467. The van der Waals surface area contributed by atoms with Crippen molar-refractivity contribution in [2.75, 3.05) is 5.73 Å². The summed E-state index contributed by atoms with van der Waals surface area (Å²) < 4.78 is 0. The van der Waals surface area contributed by atoms with E-state index in [4.69, 9.17) is 5.73 Å². The number of hydrogen-bond donors (Lipinski definition) is 3. The van der Waals surface area contributed by atoms with Crippen molar-refractivity contribution in [2.24, 2.45) is 5.41 Å². The van der Waals surface area contributed by atoms with E-state index >= 15 is 0 Å². The minimum absolute atomic E-state index is 0.267. The summed E-state index contributed by atoms with van der Waals surface area (Å²) in [5.74, 6) is -1.12. The molecule has 5 heteroatoms. The van der Waals surface area contributed by atoms with Crippen molar-refractivity contribution in [1.82, 2.24) is 5.32 Å². The Morgan fingerprint density at radius 3 is 2.80 bits per heavy atom. The number of nitrogens with two attached hydrogens (primary N) is 1. The van der Waals surface area contributed by atoms with E-state index in [0.29, 0.717) is 24.1 Å². The first-order valence-corrected chi connectivity index (χ1v) is 6.83. The van der Waals surface area contributed by atoms with Crippen molar-refractivity contribution in [3.05, 3.63) is 29.8 Å². The summed E-state index contributed by atoms with van der Waals surface area (Å²) in [6.45, 7) is 1.71. The zero-order chi connectivity index (χ0) is 14.8. The summed E-state index contributed by atoms with van der Waals surface area (Å²) in [5.41, 5.74) is 5.74. The Balaban J connectivity index is 2.15. The van der Waals surface area contributed by atoms with Gasteiger partial charge < -0.3 is 16.2 Å². The lowest BCUT2D eigenvalue weighted by Crippen LogP contribution is -2.52. The number of carbonyl (C=O) groups excluding carboxylic acids is 1. The van der Waals surface area contributed by atoms with Crippen LogP contribution in [0.25, 0.3) is 0 Å². The topological polar surface area (TPSA) is 92.4 Å². The second-order valence-electron chi connectivity index (χ2n) is 5.62. The molecule has 1 aliphatic carbocycles. The number of anilines is 1. The largest absolute Gasteiger partial charge is 0.481 e. The number of carboxylic acids is 1. The van der Waals surface area contributed by atoms with Crippen LogP contribution < -0.4 is 11.1 Å². The summed E-state index contributed by atoms with van der Waals surface area (Å²) in [7, 11) is 0. The number of nitrogen functional groups attached to an aromatic ring is 1. The summed E-state index contributed by atoms with van der Waals surface area (Å²) >= 11 is 0. The monoisotopic (exact) mass is 276 g/mol. The quantitative estimate of drug-likeness (QED) is 0.736. The van der Waals surface area contributed by atoms with Crippen LogP contribution in [-0.2, 0) is 4.79 Å². The van der Waals surface area contributed by atoms with Crippen LogP contribution in [0.2, 0.25) is 0 Å². The lowest BCUT2D eigenvalue weighted by molar-refractivity contribution is -0.151. The number of aliphatic carboxylic acids is 1. The van der Waals surface area contributed by atoms with Crippen LogP contribution in [0.4, 0.5) is 5.69 Å². The Hall–Kier alpha value is -2.04.